The van der Waals surface area contributed by atoms with E-state index < -0.39 is 17.5 Å². The van der Waals surface area contributed by atoms with Gasteiger partial charge < -0.3 is 4.74 Å². The van der Waals surface area contributed by atoms with E-state index in [0.29, 0.717) is 11.1 Å². The molecule has 15 heavy (non-hydrogen) atoms. The van der Waals surface area contributed by atoms with Gasteiger partial charge in [-0.15, -0.1) is 0 Å². The van der Waals surface area contributed by atoms with Gasteiger partial charge in [0.1, 0.15) is 5.60 Å². The van der Waals surface area contributed by atoms with Gasteiger partial charge in [0.05, 0.1) is 5.56 Å². The van der Waals surface area contributed by atoms with E-state index in [4.69, 9.17) is 4.74 Å². The number of hydrogen-bond donors (Lipinski definition) is 0. The highest BCUT2D eigenvalue weighted by atomic mass is 19.1. The zero-order valence-electron chi connectivity index (χ0n) is 9.30. The second-order valence-corrected chi connectivity index (χ2v) is 4.32. The van der Waals surface area contributed by atoms with Crippen LogP contribution in [0.15, 0.2) is 12.3 Å². The molecule has 0 aliphatic carbocycles. The van der Waals surface area contributed by atoms with E-state index in [1.165, 1.54) is 12.3 Å². The highest BCUT2D eigenvalue weighted by molar-refractivity contribution is 5.90. The summed E-state index contributed by atoms with van der Waals surface area (Å²) in [5.41, 5.74) is 0.265. The zero-order chi connectivity index (χ0) is 11.6. The molecule has 0 aromatic carbocycles. The predicted molar refractivity (Wildman–Crippen MR) is 54.1 cm³/mol. The average molecular weight is 211 g/mol. The van der Waals surface area contributed by atoms with Crippen molar-refractivity contribution in [2.24, 2.45) is 0 Å². The van der Waals surface area contributed by atoms with Gasteiger partial charge in [0.15, 0.2) is 0 Å². The second kappa shape index (κ2) is 3.96. The molecule has 0 amide bonds. The van der Waals surface area contributed by atoms with Gasteiger partial charge >= 0.3 is 5.97 Å². The van der Waals surface area contributed by atoms with E-state index >= 15 is 0 Å². The first-order valence-corrected chi connectivity index (χ1v) is 4.65. The Bertz CT molecular complexity index is 383. The lowest BCUT2D eigenvalue weighted by Gasteiger charge is -2.19. The van der Waals surface area contributed by atoms with Gasteiger partial charge in [-0.3, -0.25) is 0 Å². The van der Waals surface area contributed by atoms with Crippen molar-refractivity contribution in [1.82, 2.24) is 4.98 Å². The first kappa shape index (κ1) is 11.6. The Morgan fingerprint density at radius 2 is 2.07 bits per heavy atom. The Balaban J connectivity index is 2.92. The third kappa shape index (κ3) is 3.31. The monoisotopic (exact) mass is 211 g/mol. The molecule has 1 aromatic rings. The molecule has 1 heterocycles. The van der Waals surface area contributed by atoms with Crippen molar-refractivity contribution in [3.63, 3.8) is 0 Å². The largest absolute Gasteiger partial charge is 0.456 e. The van der Waals surface area contributed by atoms with Crippen LogP contribution < -0.4 is 0 Å². The fourth-order valence-electron chi connectivity index (χ4n) is 1.07. The average Bonchev–Trinajstić information content (AvgIpc) is 1.99. The summed E-state index contributed by atoms with van der Waals surface area (Å²) in [6.07, 6.45) is 1.19. The minimum Gasteiger partial charge on any atom is -0.456 e. The standard InChI is InChI=1S/C11H14FNO2/c1-7-5-9(12)13-6-8(7)10(14)15-11(2,3)4/h5-6H,1-4H3. The van der Waals surface area contributed by atoms with Crippen molar-refractivity contribution in [2.45, 2.75) is 33.3 Å². The zero-order valence-corrected chi connectivity index (χ0v) is 9.30. The van der Waals surface area contributed by atoms with Crippen LogP contribution in [0.4, 0.5) is 4.39 Å². The smallest absolute Gasteiger partial charge is 0.340 e. The van der Waals surface area contributed by atoms with Gasteiger partial charge in [-0.1, -0.05) is 0 Å². The molecule has 0 saturated carbocycles. The van der Waals surface area contributed by atoms with Crippen LogP contribution in [0.5, 0.6) is 0 Å². The third-order valence-electron chi connectivity index (χ3n) is 1.70. The lowest BCUT2D eigenvalue weighted by molar-refractivity contribution is 0.00682. The molecule has 0 unspecified atom stereocenters. The number of pyridine rings is 1. The number of ether oxygens (including phenoxy) is 1. The summed E-state index contributed by atoms with van der Waals surface area (Å²) in [5, 5.41) is 0. The van der Waals surface area contributed by atoms with Gasteiger partial charge in [0.25, 0.3) is 0 Å². The van der Waals surface area contributed by atoms with Crippen LogP contribution in [-0.2, 0) is 4.74 Å². The maximum absolute atomic E-state index is 12.7. The lowest BCUT2D eigenvalue weighted by Crippen LogP contribution is -2.24. The summed E-state index contributed by atoms with van der Waals surface area (Å²) in [4.78, 5) is 15.0. The van der Waals surface area contributed by atoms with Gasteiger partial charge in [-0.25, -0.2) is 9.78 Å². The summed E-state index contributed by atoms with van der Waals surface area (Å²) in [7, 11) is 0. The third-order valence-corrected chi connectivity index (χ3v) is 1.70. The number of carbonyl (C=O) groups excluding carboxylic acids is 1. The molecule has 0 radical (unpaired) electrons. The van der Waals surface area contributed by atoms with Crippen LogP contribution in [0, 0.1) is 12.9 Å². The Hall–Kier alpha value is -1.45. The molecule has 4 heteroatoms. The van der Waals surface area contributed by atoms with Crippen molar-refractivity contribution < 1.29 is 13.9 Å². The molecule has 0 fully saturated rings. The normalized spacial score (nSPS) is 11.3. The summed E-state index contributed by atoms with van der Waals surface area (Å²) < 4.78 is 17.8. The SMILES string of the molecule is Cc1cc(F)ncc1C(=O)OC(C)(C)C. The molecule has 0 atom stereocenters. The molecule has 82 valence electrons. The van der Waals surface area contributed by atoms with E-state index in [0.717, 1.165) is 0 Å². The Labute approximate surface area is 88.3 Å². The van der Waals surface area contributed by atoms with Crippen LogP contribution >= 0.6 is 0 Å². The highest BCUT2D eigenvalue weighted by Gasteiger charge is 2.19. The lowest BCUT2D eigenvalue weighted by atomic mass is 10.1. The van der Waals surface area contributed by atoms with Gasteiger partial charge in [0, 0.05) is 6.20 Å². The van der Waals surface area contributed by atoms with Crippen molar-refractivity contribution >= 4 is 5.97 Å². The first-order chi connectivity index (χ1) is 6.79. The summed E-state index contributed by atoms with van der Waals surface area (Å²) in [6, 6.07) is 1.21. The molecule has 0 aliphatic heterocycles. The number of hydrogen-bond acceptors (Lipinski definition) is 3. The number of carbonyl (C=O) groups is 1. The molecule has 1 aromatic heterocycles. The Morgan fingerprint density at radius 3 is 2.53 bits per heavy atom. The molecule has 0 aliphatic rings. The molecular weight excluding hydrogens is 197 g/mol. The van der Waals surface area contributed by atoms with E-state index in [9.17, 15) is 9.18 Å². The number of esters is 1. The molecule has 0 bridgehead atoms. The maximum atomic E-state index is 12.7. The fraction of sp³-hybridized carbons (Fsp3) is 0.455. The summed E-state index contributed by atoms with van der Waals surface area (Å²) in [5.74, 6) is -1.08. The van der Waals surface area contributed by atoms with E-state index in [1.54, 1.807) is 27.7 Å². The molecule has 1 rings (SSSR count). The minimum atomic E-state index is -0.597. The number of aromatic nitrogens is 1. The molecule has 0 saturated heterocycles. The summed E-state index contributed by atoms with van der Waals surface area (Å²) in [6.45, 7) is 6.97. The van der Waals surface area contributed by atoms with E-state index in [1.807, 2.05) is 0 Å². The number of aryl methyl sites for hydroxylation is 1. The second-order valence-electron chi connectivity index (χ2n) is 4.32. The van der Waals surface area contributed by atoms with Crippen molar-refractivity contribution in [1.29, 1.82) is 0 Å². The van der Waals surface area contributed by atoms with Crippen molar-refractivity contribution in [2.75, 3.05) is 0 Å². The van der Waals surface area contributed by atoms with Gasteiger partial charge in [0.2, 0.25) is 5.95 Å². The fourth-order valence-corrected chi connectivity index (χ4v) is 1.07. The quantitative estimate of drug-likeness (QED) is 0.529. The molecule has 0 N–H and O–H groups in total. The predicted octanol–water partition coefficient (Wildman–Crippen LogP) is 2.48. The van der Waals surface area contributed by atoms with Crippen molar-refractivity contribution in [3.8, 4) is 0 Å². The Kier molecular flexibility index (Phi) is 3.07. The van der Waals surface area contributed by atoms with Crippen LogP contribution in [0.1, 0.15) is 36.7 Å². The molecule has 0 spiro atoms. The molecule has 3 nitrogen and oxygen atoms in total. The highest BCUT2D eigenvalue weighted by Crippen LogP contribution is 2.14. The molecular formula is C11H14FNO2. The number of nitrogens with zero attached hydrogens (tertiary/aromatic N) is 1. The van der Waals surface area contributed by atoms with Gasteiger partial charge in [-0.05, 0) is 39.3 Å². The minimum absolute atomic E-state index is 0.298. The first-order valence-electron chi connectivity index (χ1n) is 4.65. The van der Waals surface area contributed by atoms with Crippen LogP contribution in [-0.4, -0.2) is 16.6 Å². The van der Waals surface area contributed by atoms with Gasteiger partial charge in [-0.2, -0.15) is 4.39 Å². The summed E-state index contributed by atoms with van der Waals surface area (Å²) >= 11 is 0. The maximum Gasteiger partial charge on any atom is 0.340 e. The Morgan fingerprint density at radius 1 is 1.47 bits per heavy atom. The van der Waals surface area contributed by atoms with Crippen LogP contribution in [0.2, 0.25) is 0 Å². The topological polar surface area (TPSA) is 39.2 Å². The van der Waals surface area contributed by atoms with E-state index in [2.05, 4.69) is 4.98 Å². The number of halogens is 1. The van der Waals surface area contributed by atoms with Crippen LogP contribution in [0.3, 0.4) is 0 Å². The van der Waals surface area contributed by atoms with Crippen molar-refractivity contribution in [3.05, 3.63) is 29.3 Å². The van der Waals surface area contributed by atoms with E-state index in [-0.39, 0.29) is 0 Å². The number of rotatable bonds is 1. The van der Waals surface area contributed by atoms with Crippen LogP contribution in [0.25, 0.3) is 0 Å².